The molecule has 0 N–H and O–H groups in total. The van der Waals surface area contributed by atoms with Gasteiger partial charge in [0.25, 0.3) is 0 Å². The first-order valence-corrected chi connectivity index (χ1v) is 8.21. The average Bonchev–Trinajstić information content (AvgIpc) is 2.39. The molecule has 0 spiro atoms. The molecule has 0 radical (unpaired) electrons. The van der Waals surface area contributed by atoms with Gasteiger partial charge in [0.15, 0.2) is 0 Å². The van der Waals surface area contributed by atoms with Crippen molar-refractivity contribution in [3.05, 3.63) is 24.3 Å². The summed E-state index contributed by atoms with van der Waals surface area (Å²) in [6.07, 6.45) is 25.5. The monoisotopic (exact) mass is 250 g/mol. The largest absolute Gasteiger partial charge is 0.0888 e. The minimum Gasteiger partial charge on any atom is -0.0888 e. The highest BCUT2D eigenvalue weighted by atomic mass is 14.0. The molecule has 0 aliphatic carbocycles. The van der Waals surface area contributed by atoms with E-state index in [2.05, 4.69) is 38.2 Å². The van der Waals surface area contributed by atoms with Crippen molar-refractivity contribution >= 4 is 0 Å². The van der Waals surface area contributed by atoms with E-state index < -0.39 is 0 Å². The smallest absolute Gasteiger partial charge is 0.0351 e. The van der Waals surface area contributed by atoms with Crippen molar-refractivity contribution in [2.45, 2.75) is 90.9 Å². The van der Waals surface area contributed by atoms with Gasteiger partial charge in [-0.1, -0.05) is 76.7 Å². The van der Waals surface area contributed by atoms with E-state index in [1.807, 2.05) is 0 Å². The van der Waals surface area contributed by atoms with Crippen LogP contribution in [0.1, 0.15) is 90.9 Å². The molecule has 0 atom stereocenters. The molecule has 0 aromatic heterocycles. The van der Waals surface area contributed by atoms with Crippen LogP contribution in [0, 0.1) is 0 Å². The van der Waals surface area contributed by atoms with Crippen LogP contribution in [0.25, 0.3) is 0 Å². The molecule has 0 rings (SSSR count). The molecule has 0 aliphatic rings. The van der Waals surface area contributed by atoms with Gasteiger partial charge in [-0.3, -0.25) is 0 Å². The maximum Gasteiger partial charge on any atom is -0.0351 e. The zero-order valence-electron chi connectivity index (χ0n) is 12.8. The van der Waals surface area contributed by atoms with Gasteiger partial charge >= 0.3 is 0 Å². The number of unbranched alkanes of at least 4 members (excludes halogenated alkanes) is 9. The van der Waals surface area contributed by atoms with Crippen LogP contribution in [0.15, 0.2) is 24.3 Å². The zero-order valence-corrected chi connectivity index (χ0v) is 12.8. The van der Waals surface area contributed by atoms with Crippen molar-refractivity contribution in [2.75, 3.05) is 0 Å². The van der Waals surface area contributed by atoms with Crippen LogP contribution in [-0.4, -0.2) is 0 Å². The van der Waals surface area contributed by atoms with Crippen LogP contribution in [0.4, 0.5) is 0 Å². The van der Waals surface area contributed by atoms with Crippen LogP contribution in [0.3, 0.4) is 0 Å². The maximum atomic E-state index is 2.38. The van der Waals surface area contributed by atoms with Crippen molar-refractivity contribution in [1.82, 2.24) is 0 Å². The maximum absolute atomic E-state index is 2.38. The molecule has 0 saturated heterocycles. The Labute approximate surface area is 116 Å². The number of hydrogen-bond donors (Lipinski definition) is 0. The molecule has 0 aliphatic heterocycles. The highest BCUT2D eigenvalue weighted by Gasteiger charge is 1.89. The van der Waals surface area contributed by atoms with Crippen molar-refractivity contribution in [2.24, 2.45) is 0 Å². The molecule has 0 nitrogen and oxygen atoms in total. The Morgan fingerprint density at radius 3 is 1.44 bits per heavy atom. The van der Waals surface area contributed by atoms with E-state index >= 15 is 0 Å². The molecule has 0 bridgehead atoms. The van der Waals surface area contributed by atoms with Gasteiger partial charge in [0.2, 0.25) is 0 Å². The predicted molar refractivity (Wildman–Crippen MR) is 85.0 cm³/mol. The molecule has 0 unspecified atom stereocenters. The summed E-state index contributed by atoms with van der Waals surface area (Å²) in [5.41, 5.74) is 0. The summed E-state index contributed by atoms with van der Waals surface area (Å²) in [6, 6.07) is 0. The summed E-state index contributed by atoms with van der Waals surface area (Å²) in [5.74, 6) is 0. The lowest BCUT2D eigenvalue weighted by Crippen LogP contribution is -1.79. The van der Waals surface area contributed by atoms with Gasteiger partial charge in [-0.25, -0.2) is 0 Å². The van der Waals surface area contributed by atoms with Crippen LogP contribution in [0.5, 0.6) is 0 Å². The Bertz CT molecular complexity index is 188. The third kappa shape index (κ3) is 15.5. The molecule has 0 heteroatoms. The molecule has 0 amide bonds. The summed E-state index contributed by atoms with van der Waals surface area (Å²) < 4.78 is 0. The summed E-state index contributed by atoms with van der Waals surface area (Å²) in [7, 11) is 0. The van der Waals surface area contributed by atoms with Gasteiger partial charge in [0.1, 0.15) is 0 Å². The topological polar surface area (TPSA) is 0 Å². The average molecular weight is 250 g/mol. The Morgan fingerprint density at radius 2 is 0.944 bits per heavy atom. The molecule has 0 heterocycles. The molecule has 106 valence electrons. The van der Waals surface area contributed by atoms with E-state index in [1.165, 1.54) is 77.0 Å². The lowest BCUT2D eigenvalue weighted by Gasteiger charge is -1.99. The van der Waals surface area contributed by atoms with E-state index in [1.54, 1.807) is 0 Å². The molecule has 0 fully saturated rings. The summed E-state index contributed by atoms with van der Waals surface area (Å²) in [4.78, 5) is 0. The van der Waals surface area contributed by atoms with E-state index in [4.69, 9.17) is 0 Å². The Balaban J connectivity index is 3.03. The lowest BCUT2D eigenvalue weighted by atomic mass is 10.1. The second kappa shape index (κ2) is 16.5. The standard InChI is InChI=1S/C18H34/c1-3-5-7-9-11-13-15-17-18-16-14-12-10-8-6-4-2/h5,7,10,12H,3-4,6,8-9,11,13-18H2,1-2H3/b7-5-,12-10+. The number of allylic oxidation sites excluding steroid dienone is 4. The second-order valence-electron chi connectivity index (χ2n) is 5.19. The molecular formula is C18H34. The Kier molecular flexibility index (Phi) is 16.0. The van der Waals surface area contributed by atoms with Crippen molar-refractivity contribution in [3.63, 3.8) is 0 Å². The van der Waals surface area contributed by atoms with Crippen molar-refractivity contribution in [3.8, 4) is 0 Å². The highest BCUT2D eigenvalue weighted by molar-refractivity contribution is 4.81. The van der Waals surface area contributed by atoms with Crippen LogP contribution >= 0.6 is 0 Å². The summed E-state index contributed by atoms with van der Waals surface area (Å²) in [6.45, 7) is 4.46. The number of rotatable bonds is 13. The van der Waals surface area contributed by atoms with Crippen molar-refractivity contribution < 1.29 is 0 Å². The first kappa shape index (κ1) is 17.5. The van der Waals surface area contributed by atoms with Gasteiger partial charge in [0.05, 0.1) is 0 Å². The summed E-state index contributed by atoms with van der Waals surface area (Å²) >= 11 is 0. The quantitative estimate of drug-likeness (QED) is 0.248. The normalized spacial score (nSPS) is 11.9. The first-order chi connectivity index (χ1) is 8.91. The molecular weight excluding hydrogens is 216 g/mol. The van der Waals surface area contributed by atoms with Crippen molar-refractivity contribution in [1.29, 1.82) is 0 Å². The van der Waals surface area contributed by atoms with Crippen LogP contribution in [-0.2, 0) is 0 Å². The molecule has 0 aromatic carbocycles. The van der Waals surface area contributed by atoms with E-state index in [9.17, 15) is 0 Å². The van der Waals surface area contributed by atoms with Gasteiger partial charge in [-0.05, 0) is 38.5 Å². The van der Waals surface area contributed by atoms with Gasteiger partial charge in [-0.2, -0.15) is 0 Å². The fourth-order valence-electron chi connectivity index (χ4n) is 2.07. The zero-order chi connectivity index (χ0) is 13.3. The first-order valence-electron chi connectivity index (χ1n) is 8.21. The van der Waals surface area contributed by atoms with E-state index in [0.29, 0.717) is 0 Å². The van der Waals surface area contributed by atoms with Gasteiger partial charge in [0, 0.05) is 0 Å². The fourth-order valence-corrected chi connectivity index (χ4v) is 2.07. The number of hydrogen-bond acceptors (Lipinski definition) is 0. The Morgan fingerprint density at radius 1 is 0.500 bits per heavy atom. The van der Waals surface area contributed by atoms with E-state index in [0.717, 1.165) is 0 Å². The second-order valence-corrected chi connectivity index (χ2v) is 5.19. The third-order valence-electron chi connectivity index (χ3n) is 3.28. The predicted octanol–water partition coefficient (Wildman–Crippen LogP) is 6.82. The SMILES string of the molecule is CC/C=C\CCCCCCCC/C=C/CCCC. The summed E-state index contributed by atoms with van der Waals surface area (Å²) in [5, 5.41) is 0. The molecule has 0 aromatic rings. The molecule has 18 heavy (non-hydrogen) atoms. The van der Waals surface area contributed by atoms with Gasteiger partial charge in [-0.15, -0.1) is 0 Å². The third-order valence-corrected chi connectivity index (χ3v) is 3.28. The fraction of sp³-hybridized carbons (Fsp3) is 0.778. The Hall–Kier alpha value is -0.520. The lowest BCUT2D eigenvalue weighted by molar-refractivity contribution is 0.599. The van der Waals surface area contributed by atoms with E-state index in [-0.39, 0.29) is 0 Å². The van der Waals surface area contributed by atoms with Crippen LogP contribution < -0.4 is 0 Å². The minimum atomic E-state index is 1.19. The highest BCUT2D eigenvalue weighted by Crippen LogP contribution is 2.09. The van der Waals surface area contributed by atoms with Crippen LogP contribution in [0.2, 0.25) is 0 Å². The minimum absolute atomic E-state index is 1.19. The van der Waals surface area contributed by atoms with Gasteiger partial charge < -0.3 is 0 Å². The molecule has 0 saturated carbocycles.